The van der Waals surface area contributed by atoms with Crippen molar-refractivity contribution in [3.8, 4) is 0 Å². The molecule has 0 saturated heterocycles. The number of allylic oxidation sites excluding steroid dienone is 1. The number of nitrogens with zero attached hydrogens (tertiary/aromatic N) is 4. The van der Waals surface area contributed by atoms with Gasteiger partial charge in [0.2, 0.25) is 0 Å². The van der Waals surface area contributed by atoms with Crippen molar-refractivity contribution in [2.24, 2.45) is 5.92 Å². The van der Waals surface area contributed by atoms with Crippen molar-refractivity contribution in [2.75, 3.05) is 11.5 Å². The number of anilines is 1. The molecule has 178 valence electrons. The van der Waals surface area contributed by atoms with Gasteiger partial charge in [0.15, 0.2) is 5.60 Å². The molecule has 2 N–H and O–H groups in total. The molecule has 0 spiro atoms. The van der Waals surface area contributed by atoms with Gasteiger partial charge in [-0.2, -0.15) is 0 Å². The molecule has 34 heavy (non-hydrogen) atoms. The first-order valence-corrected chi connectivity index (χ1v) is 13.0. The minimum atomic E-state index is -1.65. The number of hydrogen-bond donors (Lipinski definition) is 2. The molecule has 1 aliphatic rings. The van der Waals surface area contributed by atoms with Gasteiger partial charge in [0.05, 0.1) is 17.9 Å². The van der Waals surface area contributed by atoms with E-state index in [0.29, 0.717) is 31.5 Å². The van der Waals surface area contributed by atoms with Gasteiger partial charge in [-0.15, -0.1) is 5.10 Å². The van der Waals surface area contributed by atoms with Crippen molar-refractivity contribution < 1.29 is 15.0 Å². The highest BCUT2D eigenvalue weighted by Gasteiger charge is 2.52. The third-order valence-corrected chi connectivity index (χ3v) is 7.26. The van der Waals surface area contributed by atoms with Crippen LogP contribution in [-0.2, 0) is 29.9 Å². The van der Waals surface area contributed by atoms with E-state index in [1.165, 1.54) is 0 Å². The van der Waals surface area contributed by atoms with Crippen LogP contribution in [0.1, 0.15) is 30.2 Å². The van der Waals surface area contributed by atoms with Crippen LogP contribution >= 0.6 is 38.5 Å². The third kappa shape index (κ3) is 5.12. The molecule has 0 unspecified atom stereocenters. The van der Waals surface area contributed by atoms with Crippen LogP contribution in [0.3, 0.4) is 0 Å². The second-order valence-corrected chi connectivity index (χ2v) is 10.6. The lowest BCUT2D eigenvalue weighted by Gasteiger charge is -2.27. The topological polar surface area (TPSA) is 91.5 Å². The zero-order valence-electron chi connectivity index (χ0n) is 18.7. The molecule has 0 radical (unpaired) electrons. The lowest BCUT2D eigenvalue weighted by Crippen LogP contribution is -2.44. The number of aliphatic hydroxyl groups is 2. The van der Waals surface area contributed by atoms with Crippen LogP contribution in [0.5, 0.6) is 0 Å². The molecular weight excluding hydrogens is 611 g/mol. The van der Waals surface area contributed by atoms with E-state index in [0.717, 1.165) is 25.0 Å². The zero-order chi connectivity index (χ0) is 24.3. The van der Waals surface area contributed by atoms with Gasteiger partial charge in [-0.05, 0) is 64.9 Å². The lowest BCUT2D eigenvalue weighted by molar-refractivity contribution is -0.139. The van der Waals surface area contributed by atoms with Crippen molar-refractivity contribution in [1.29, 1.82) is 0 Å². The summed E-state index contributed by atoms with van der Waals surface area (Å²) in [6, 6.07) is 13.6. The number of aromatic nitrogens is 3. The van der Waals surface area contributed by atoms with E-state index in [2.05, 4.69) is 48.8 Å². The molecule has 2 heterocycles. The second kappa shape index (κ2) is 10.7. The Morgan fingerprint density at radius 3 is 2.74 bits per heavy atom. The number of rotatable bonds is 9. The summed E-state index contributed by atoms with van der Waals surface area (Å²) in [5, 5.41) is 28.8. The number of carbonyl (C=O) groups excluding carboxylic acids is 1. The van der Waals surface area contributed by atoms with Gasteiger partial charge in [0.1, 0.15) is 0 Å². The quantitative estimate of drug-likeness (QED) is 0.272. The molecular formula is C25H26BrIN4O3. The minimum absolute atomic E-state index is 0.0426. The summed E-state index contributed by atoms with van der Waals surface area (Å²) in [5.74, 6) is -0.753. The highest BCUT2D eigenvalue weighted by Crippen LogP contribution is 2.46. The molecule has 1 amide bonds. The van der Waals surface area contributed by atoms with Crippen LogP contribution in [-0.4, -0.2) is 37.7 Å². The normalized spacial score (nSPS) is 18.6. The summed E-state index contributed by atoms with van der Waals surface area (Å²) in [6.45, 7) is 2.92. The molecule has 0 fully saturated rings. The minimum Gasteiger partial charge on any atom is -0.396 e. The molecule has 0 saturated carbocycles. The first-order chi connectivity index (χ1) is 16.3. The molecule has 2 atom stereocenters. The molecule has 2 aromatic carbocycles. The van der Waals surface area contributed by atoms with Crippen molar-refractivity contribution in [3.05, 3.63) is 85.7 Å². The Balaban J connectivity index is 1.52. The highest BCUT2D eigenvalue weighted by molar-refractivity contribution is 14.1. The Bertz CT molecular complexity index is 1200. The smallest absolute Gasteiger partial charge is 0.264 e. The van der Waals surface area contributed by atoms with E-state index >= 15 is 0 Å². The summed E-state index contributed by atoms with van der Waals surface area (Å²) in [7, 11) is 0. The number of halogens is 2. The van der Waals surface area contributed by atoms with Gasteiger partial charge in [0.25, 0.3) is 5.91 Å². The number of benzene rings is 2. The van der Waals surface area contributed by atoms with Crippen LogP contribution < -0.4 is 4.90 Å². The van der Waals surface area contributed by atoms with Gasteiger partial charge in [0, 0.05) is 45.3 Å². The van der Waals surface area contributed by atoms with E-state index in [-0.39, 0.29) is 12.5 Å². The van der Waals surface area contributed by atoms with Gasteiger partial charge >= 0.3 is 0 Å². The maximum atomic E-state index is 13.6. The maximum absolute atomic E-state index is 13.6. The Hall–Kier alpha value is -2.08. The molecule has 3 aromatic rings. The number of aryl methyl sites for hydroxylation is 1. The predicted octanol–water partition coefficient (Wildman–Crippen LogP) is 4.20. The van der Waals surface area contributed by atoms with Crippen molar-refractivity contribution >= 4 is 50.1 Å². The molecule has 7 nitrogen and oxygen atoms in total. The number of aliphatic hydroxyl groups excluding tert-OH is 1. The summed E-state index contributed by atoms with van der Waals surface area (Å²) >= 11 is 5.75. The zero-order valence-corrected chi connectivity index (χ0v) is 22.5. The average Bonchev–Trinajstić information content (AvgIpc) is 3.35. The predicted molar refractivity (Wildman–Crippen MR) is 142 cm³/mol. The van der Waals surface area contributed by atoms with Crippen LogP contribution in [0.15, 0.2) is 65.3 Å². The molecule has 1 aromatic heterocycles. The fourth-order valence-electron chi connectivity index (χ4n) is 4.17. The maximum Gasteiger partial charge on any atom is 0.264 e. The van der Waals surface area contributed by atoms with Crippen LogP contribution in [0.4, 0.5) is 5.69 Å². The van der Waals surface area contributed by atoms with E-state index in [1.807, 2.05) is 67.7 Å². The second-order valence-electron chi connectivity index (χ2n) is 8.40. The molecule has 0 bridgehead atoms. The van der Waals surface area contributed by atoms with Gasteiger partial charge in [-0.25, -0.2) is 0 Å². The third-order valence-electron chi connectivity index (χ3n) is 6.05. The summed E-state index contributed by atoms with van der Waals surface area (Å²) in [4.78, 5) is 15.3. The lowest BCUT2D eigenvalue weighted by atomic mass is 9.83. The standard InChI is InChI=1S/C25H26BrIN4O3/c1-17(4-2-3-12-30-16-21(11-13-32)28-29-30)25(34)22-14-19(26)7-10-23(22)31(24(25)33)15-18-5-8-20(27)9-6-18/h2,4-10,14,16-17,32,34H,3,11-13,15H2,1H3/b4-2+/t17-,25+/m1/s1. The number of hydrogen-bond acceptors (Lipinski definition) is 5. The van der Waals surface area contributed by atoms with E-state index in [9.17, 15) is 9.90 Å². The fourth-order valence-corrected chi connectivity index (χ4v) is 4.89. The molecule has 1 aliphatic heterocycles. The Morgan fingerprint density at radius 1 is 1.24 bits per heavy atom. The number of amides is 1. The van der Waals surface area contributed by atoms with E-state index in [4.69, 9.17) is 5.11 Å². The van der Waals surface area contributed by atoms with Gasteiger partial charge in [-0.3, -0.25) is 9.48 Å². The largest absolute Gasteiger partial charge is 0.396 e. The summed E-state index contributed by atoms with van der Waals surface area (Å²) < 4.78 is 3.67. The first-order valence-electron chi connectivity index (χ1n) is 11.1. The molecule has 9 heteroatoms. The van der Waals surface area contributed by atoms with Crippen LogP contribution in [0.25, 0.3) is 0 Å². The van der Waals surface area contributed by atoms with Crippen LogP contribution in [0, 0.1) is 9.49 Å². The fraction of sp³-hybridized carbons (Fsp3) is 0.320. The Kier molecular flexibility index (Phi) is 7.86. The van der Waals surface area contributed by atoms with Crippen molar-refractivity contribution in [2.45, 2.75) is 38.5 Å². The SMILES string of the molecule is C[C@H](/C=C/CCn1cc(CCO)nn1)[C@@]1(O)C(=O)N(Cc2ccc(I)cc2)c2ccc(Br)cc21. The Morgan fingerprint density at radius 2 is 2.00 bits per heavy atom. The van der Waals surface area contributed by atoms with E-state index in [1.54, 1.807) is 9.58 Å². The van der Waals surface area contributed by atoms with Gasteiger partial charge in [-0.1, -0.05) is 52.4 Å². The van der Waals surface area contributed by atoms with E-state index < -0.39 is 11.5 Å². The van der Waals surface area contributed by atoms with Gasteiger partial charge < -0.3 is 15.1 Å². The summed E-state index contributed by atoms with van der Waals surface area (Å²) in [5.41, 5.74) is 1.44. The number of fused-ring (bicyclic) bond motifs is 1. The molecule has 0 aliphatic carbocycles. The van der Waals surface area contributed by atoms with Crippen molar-refractivity contribution in [1.82, 2.24) is 15.0 Å². The number of carbonyl (C=O) groups is 1. The monoisotopic (exact) mass is 636 g/mol. The first kappa shape index (κ1) is 25.0. The van der Waals surface area contributed by atoms with Crippen molar-refractivity contribution in [3.63, 3.8) is 0 Å². The van der Waals surface area contributed by atoms with Crippen LogP contribution in [0.2, 0.25) is 0 Å². The average molecular weight is 637 g/mol. The summed E-state index contributed by atoms with van der Waals surface area (Å²) in [6.07, 6.45) is 6.83. The highest BCUT2D eigenvalue weighted by atomic mass is 127. The molecule has 4 rings (SSSR count). The Labute approximate surface area is 220 Å².